The molecule has 118 valence electrons. The van der Waals surface area contributed by atoms with Gasteiger partial charge < -0.3 is 20.4 Å². The first-order valence-electron chi connectivity index (χ1n) is 7.40. The highest BCUT2D eigenvalue weighted by Gasteiger charge is 2.21. The minimum atomic E-state index is -0.151. The smallest absolute Gasteiger partial charge is 0.157 e. The summed E-state index contributed by atoms with van der Waals surface area (Å²) in [6.45, 7) is 5.83. The van der Waals surface area contributed by atoms with E-state index in [1.807, 2.05) is 13.8 Å². The Balaban J connectivity index is 2.61. The monoisotopic (exact) mass is 302 g/mol. The summed E-state index contributed by atoms with van der Waals surface area (Å²) in [6, 6.07) is 6.24. The van der Waals surface area contributed by atoms with Gasteiger partial charge in [0.2, 0.25) is 0 Å². The van der Waals surface area contributed by atoms with E-state index in [-0.39, 0.29) is 28.9 Å². The number of aryl methyl sites for hydroxylation is 2. The lowest BCUT2D eigenvalue weighted by Crippen LogP contribution is -2.05. The molecule has 0 spiro atoms. The van der Waals surface area contributed by atoms with E-state index in [0.29, 0.717) is 0 Å². The molecule has 0 saturated heterocycles. The van der Waals surface area contributed by atoms with Crippen molar-refractivity contribution < 1.29 is 20.4 Å². The summed E-state index contributed by atoms with van der Waals surface area (Å²) in [4.78, 5) is 0. The number of phenols is 4. The Bertz CT molecular complexity index is 634. The molecule has 0 aliphatic rings. The third-order valence-corrected chi connectivity index (χ3v) is 4.05. The molecule has 0 aliphatic heterocycles. The van der Waals surface area contributed by atoms with Crippen LogP contribution in [0.2, 0.25) is 0 Å². The molecule has 0 aromatic heterocycles. The number of phenolic OH excluding ortho intramolecular Hbond substituents is 4. The lowest BCUT2D eigenvalue weighted by atomic mass is 9.83. The van der Waals surface area contributed by atoms with Crippen LogP contribution in [0.5, 0.6) is 23.0 Å². The van der Waals surface area contributed by atoms with Gasteiger partial charge in [-0.3, -0.25) is 0 Å². The predicted molar refractivity (Wildman–Crippen MR) is 85.8 cm³/mol. The largest absolute Gasteiger partial charge is 0.504 e. The van der Waals surface area contributed by atoms with Crippen molar-refractivity contribution in [3.63, 3.8) is 0 Å². The number of aromatic hydroxyl groups is 4. The Morgan fingerprint density at radius 2 is 1.09 bits per heavy atom. The van der Waals surface area contributed by atoms with Crippen molar-refractivity contribution in [2.45, 2.75) is 39.5 Å². The molecule has 0 saturated carbocycles. The quantitative estimate of drug-likeness (QED) is 0.642. The SMILES string of the molecule is CCCC(c1cc(O)c(O)cc1C)c1cc(O)c(O)cc1C. The first-order valence-corrected chi connectivity index (χ1v) is 7.40. The maximum Gasteiger partial charge on any atom is 0.157 e. The molecule has 22 heavy (non-hydrogen) atoms. The molecular formula is C18H22O4. The Labute approximate surface area is 130 Å². The second kappa shape index (κ2) is 6.18. The third-order valence-electron chi connectivity index (χ3n) is 4.05. The molecule has 2 rings (SSSR count). The Hall–Kier alpha value is -2.36. The van der Waals surface area contributed by atoms with Crippen molar-refractivity contribution in [2.24, 2.45) is 0 Å². The van der Waals surface area contributed by atoms with Gasteiger partial charge in [0, 0.05) is 5.92 Å². The second-order valence-corrected chi connectivity index (χ2v) is 5.74. The van der Waals surface area contributed by atoms with Crippen molar-refractivity contribution >= 4 is 0 Å². The molecule has 0 aliphatic carbocycles. The van der Waals surface area contributed by atoms with Crippen LogP contribution >= 0.6 is 0 Å². The molecule has 0 radical (unpaired) electrons. The Kier molecular flexibility index (Phi) is 4.50. The average Bonchev–Trinajstić information content (AvgIpc) is 2.45. The molecule has 0 unspecified atom stereocenters. The molecule has 4 heteroatoms. The summed E-state index contributed by atoms with van der Waals surface area (Å²) in [5.74, 6) is -0.601. The van der Waals surface area contributed by atoms with Crippen molar-refractivity contribution in [3.05, 3.63) is 46.5 Å². The highest BCUT2D eigenvalue weighted by molar-refractivity contribution is 5.53. The highest BCUT2D eigenvalue weighted by atomic mass is 16.3. The van der Waals surface area contributed by atoms with Crippen molar-refractivity contribution in [2.75, 3.05) is 0 Å². The van der Waals surface area contributed by atoms with Crippen LogP contribution in [0.4, 0.5) is 0 Å². The van der Waals surface area contributed by atoms with Gasteiger partial charge in [-0.05, 0) is 66.8 Å². The maximum absolute atomic E-state index is 9.82. The van der Waals surface area contributed by atoms with Crippen molar-refractivity contribution in [1.29, 1.82) is 0 Å². The van der Waals surface area contributed by atoms with E-state index in [2.05, 4.69) is 6.92 Å². The number of rotatable bonds is 4. The van der Waals surface area contributed by atoms with E-state index in [1.165, 1.54) is 0 Å². The molecular weight excluding hydrogens is 280 g/mol. The summed E-state index contributed by atoms with van der Waals surface area (Å²) in [5, 5.41) is 38.9. The van der Waals surface area contributed by atoms with Crippen LogP contribution in [0.1, 0.15) is 47.9 Å². The first-order chi connectivity index (χ1) is 10.3. The lowest BCUT2D eigenvalue weighted by molar-refractivity contribution is 0.401. The third kappa shape index (κ3) is 2.96. The van der Waals surface area contributed by atoms with Gasteiger partial charge in [-0.2, -0.15) is 0 Å². The lowest BCUT2D eigenvalue weighted by Gasteiger charge is -2.22. The maximum atomic E-state index is 9.82. The zero-order valence-corrected chi connectivity index (χ0v) is 13.1. The number of benzene rings is 2. The van der Waals surface area contributed by atoms with E-state index in [4.69, 9.17) is 0 Å². The molecule has 4 N–H and O–H groups in total. The van der Waals surface area contributed by atoms with Gasteiger partial charge >= 0.3 is 0 Å². The van der Waals surface area contributed by atoms with E-state index in [0.717, 1.165) is 35.1 Å². The van der Waals surface area contributed by atoms with Crippen LogP contribution in [0.25, 0.3) is 0 Å². The van der Waals surface area contributed by atoms with Crippen LogP contribution < -0.4 is 0 Å². The summed E-state index contributed by atoms with van der Waals surface area (Å²) >= 11 is 0. The standard InChI is InChI=1S/C18H22O4/c1-4-5-12(13-8-17(21)15(19)6-10(13)2)14-9-18(22)16(20)7-11(14)3/h6-9,12,19-22H,4-5H2,1-3H3. The first kappa shape index (κ1) is 16.0. The molecule has 4 nitrogen and oxygen atoms in total. The van der Waals surface area contributed by atoms with Crippen molar-refractivity contribution in [3.8, 4) is 23.0 Å². The van der Waals surface area contributed by atoms with Crippen LogP contribution in [0, 0.1) is 13.8 Å². The predicted octanol–water partition coefficient (Wildman–Crippen LogP) is 4.06. The van der Waals surface area contributed by atoms with Crippen LogP contribution in [0.15, 0.2) is 24.3 Å². The molecule has 2 aromatic carbocycles. The number of hydrogen-bond acceptors (Lipinski definition) is 4. The Morgan fingerprint density at radius 1 is 0.727 bits per heavy atom. The van der Waals surface area contributed by atoms with E-state index < -0.39 is 0 Å². The summed E-state index contributed by atoms with van der Waals surface area (Å²) < 4.78 is 0. The average molecular weight is 302 g/mol. The van der Waals surface area contributed by atoms with E-state index >= 15 is 0 Å². The fraction of sp³-hybridized carbons (Fsp3) is 0.333. The molecule has 0 atom stereocenters. The minimum Gasteiger partial charge on any atom is -0.504 e. The van der Waals surface area contributed by atoms with Crippen LogP contribution in [-0.2, 0) is 0 Å². The summed E-state index contributed by atoms with van der Waals surface area (Å²) in [7, 11) is 0. The van der Waals surface area contributed by atoms with E-state index in [1.54, 1.807) is 24.3 Å². The fourth-order valence-corrected chi connectivity index (χ4v) is 2.91. The van der Waals surface area contributed by atoms with Crippen LogP contribution in [-0.4, -0.2) is 20.4 Å². The summed E-state index contributed by atoms with van der Waals surface area (Å²) in [6.07, 6.45) is 1.75. The fourth-order valence-electron chi connectivity index (χ4n) is 2.91. The molecule has 2 aromatic rings. The van der Waals surface area contributed by atoms with Gasteiger partial charge in [-0.25, -0.2) is 0 Å². The van der Waals surface area contributed by atoms with Gasteiger partial charge in [0.1, 0.15) is 0 Å². The van der Waals surface area contributed by atoms with Gasteiger partial charge in [0.05, 0.1) is 0 Å². The van der Waals surface area contributed by atoms with Gasteiger partial charge in [0.15, 0.2) is 23.0 Å². The van der Waals surface area contributed by atoms with Gasteiger partial charge in [-0.15, -0.1) is 0 Å². The normalized spacial score (nSPS) is 11.1. The molecule has 0 amide bonds. The highest BCUT2D eigenvalue weighted by Crippen LogP contribution is 2.40. The number of hydrogen-bond donors (Lipinski definition) is 4. The summed E-state index contributed by atoms with van der Waals surface area (Å²) in [5.41, 5.74) is 3.57. The van der Waals surface area contributed by atoms with Gasteiger partial charge in [0.25, 0.3) is 0 Å². The van der Waals surface area contributed by atoms with Gasteiger partial charge in [-0.1, -0.05) is 13.3 Å². The topological polar surface area (TPSA) is 80.9 Å². The molecule has 0 heterocycles. The molecule has 0 fully saturated rings. The zero-order chi connectivity index (χ0) is 16.4. The zero-order valence-electron chi connectivity index (χ0n) is 13.1. The second-order valence-electron chi connectivity index (χ2n) is 5.74. The van der Waals surface area contributed by atoms with E-state index in [9.17, 15) is 20.4 Å². The van der Waals surface area contributed by atoms with Crippen molar-refractivity contribution in [1.82, 2.24) is 0 Å². The minimum absolute atomic E-state index is 0.0250. The van der Waals surface area contributed by atoms with Crippen LogP contribution in [0.3, 0.4) is 0 Å². The Morgan fingerprint density at radius 3 is 1.45 bits per heavy atom. The molecule has 0 bridgehead atoms.